The standard InChI is InChI=1S/C11H10F2O2/c1-15-11-9(12)6-8(7-10(11)13)4-2-3-5-14/h2,4-7H,3H2,1H3. The number of hydrogen-bond donors (Lipinski definition) is 0. The van der Waals surface area contributed by atoms with Crippen LogP contribution < -0.4 is 4.74 Å². The van der Waals surface area contributed by atoms with E-state index in [2.05, 4.69) is 4.74 Å². The fourth-order valence-corrected chi connectivity index (χ4v) is 1.13. The molecule has 2 nitrogen and oxygen atoms in total. The second kappa shape index (κ2) is 5.24. The van der Waals surface area contributed by atoms with E-state index in [1.165, 1.54) is 19.3 Å². The summed E-state index contributed by atoms with van der Waals surface area (Å²) in [5.41, 5.74) is 0.354. The summed E-state index contributed by atoms with van der Waals surface area (Å²) in [6.45, 7) is 0. The Bertz CT molecular complexity index is 363. The van der Waals surface area contributed by atoms with Gasteiger partial charge in [-0.3, -0.25) is 0 Å². The summed E-state index contributed by atoms with van der Waals surface area (Å²) in [6.07, 6.45) is 3.91. The van der Waals surface area contributed by atoms with Gasteiger partial charge in [0, 0.05) is 6.42 Å². The molecule has 0 saturated carbocycles. The largest absolute Gasteiger partial charge is 0.491 e. The Morgan fingerprint density at radius 3 is 2.40 bits per heavy atom. The van der Waals surface area contributed by atoms with E-state index >= 15 is 0 Å². The summed E-state index contributed by atoms with van der Waals surface area (Å²) >= 11 is 0. The van der Waals surface area contributed by atoms with Crippen LogP contribution >= 0.6 is 0 Å². The van der Waals surface area contributed by atoms with Crippen LogP contribution in [0.3, 0.4) is 0 Å². The molecule has 1 aromatic carbocycles. The van der Waals surface area contributed by atoms with Gasteiger partial charge < -0.3 is 9.53 Å². The van der Waals surface area contributed by atoms with Crippen LogP contribution in [0, 0.1) is 11.6 Å². The van der Waals surface area contributed by atoms with Crippen molar-refractivity contribution in [3.05, 3.63) is 35.4 Å². The molecule has 0 atom stereocenters. The molecule has 0 bridgehead atoms. The third-order valence-electron chi connectivity index (χ3n) is 1.77. The number of halogens is 2. The molecule has 0 aliphatic heterocycles. The Kier molecular flexibility index (Phi) is 3.97. The van der Waals surface area contributed by atoms with Gasteiger partial charge >= 0.3 is 0 Å². The summed E-state index contributed by atoms with van der Waals surface area (Å²) in [7, 11) is 1.20. The lowest BCUT2D eigenvalue weighted by Gasteiger charge is -2.03. The molecule has 0 fully saturated rings. The fourth-order valence-electron chi connectivity index (χ4n) is 1.13. The molecule has 0 heterocycles. The zero-order valence-corrected chi connectivity index (χ0v) is 8.17. The van der Waals surface area contributed by atoms with Crippen molar-refractivity contribution in [3.8, 4) is 5.75 Å². The molecule has 0 radical (unpaired) electrons. The smallest absolute Gasteiger partial charge is 0.190 e. The van der Waals surface area contributed by atoms with E-state index in [1.54, 1.807) is 0 Å². The fraction of sp³-hybridized carbons (Fsp3) is 0.182. The van der Waals surface area contributed by atoms with E-state index in [9.17, 15) is 13.6 Å². The molecule has 80 valence electrons. The lowest BCUT2D eigenvalue weighted by molar-refractivity contribution is -0.107. The minimum Gasteiger partial charge on any atom is -0.491 e. The molecular weight excluding hydrogens is 202 g/mol. The van der Waals surface area contributed by atoms with Crippen LogP contribution in [0.2, 0.25) is 0 Å². The second-order valence-electron chi connectivity index (χ2n) is 2.82. The van der Waals surface area contributed by atoms with Gasteiger partial charge in [-0.2, -0.15) is 0 Å². The summed E-state index contributed by atoms with van der Waals surface area (Å²) in [4.78, 5) is 10.0. The van der Waals surface area contributed by atoms with E-state index in [4.69, 9.17) is 0 Å². The first-order chi connectivity index (χ1) is 7.19. The highest BCUT2D eigenvalue weighted by Gasteiger charge is 2.09. The number of benzene rings is 1. The highest BCUT2D eigenvalue weighted by molar-refractivity contribution is 5.58. The first-order valence-electron chi connectivity index (χ1n) is 4.32. The maximum Gasteiger partial charge on any atom is 0.190 e. The van der Waals surface area contributed by atoms with Crippen molar-refractivity contribution in [3.63, 3.8) is 0 Å². The lowest BCUT2D eigenvalue weighted by atomic mass is 10.2. The number of carbonyl (C=O) groups excluding carboxylic acids is 1. The Morgan fingerprint density at radius 2 is 1.93 bits per heavy atom. The third-order valence-corrected chi connectivity index (χ3v) is 1.77. The molecule has 1 aromatic rings. The normalized spacial score (nSPS) is 10.6. The Balaban J connectivity index is 2.98. The predicted octanol–water partition coefficient (Wildman–Crippen LogP) is 2.58. The molecule has 0 aliphatic rings. The molecule has 0 N–H and O–H groups in total. The molecule has 0 aliphatic carbocycles. The van der Waals surface area contributed by atoms with Crippen molar-refractivity contribution in [1.29, 1.82) is 0 Å². The van der Waals surface area contributed by atoms with Crippen LogP contribution in [0.15, 0.2) is 18.2 Å². The van der Waals surface area contributed by atoms with Crippen molar-refractivity contribution in [1.82, 2.24) is 0 Å². The van der Waals surface area contributed by atoms with Crippen LogP contribution in [0.4, 0.5) is 8.78 Å². The number of aldehydes is 1. The minimum atomic E-state index is -0.761. The summed E-state index contributed by atoms with van der Waals surface area (Å²) in [5.74, 6) is -1.92. The van der Waals surface area contributed by atoms with E-state index in [0.717, 1.165) is 12.1 Å². The molecule has 1 rings (SSSR count). The minimum absolute atomic E-state index is 0.218. The van der Waals surface area contributed by atoms with Crippen molar-refractivity contribution >= 4 is 12.4 Å². The average Bonchev–Trinajstić information content (AvgIpc) is 2.18. The molecule has 4 heteroatoms. The number of allylic oxidation sites excluding steroid dienone is 1. The first kappa shape index (κ1) is 11.4. The van der Waals surface area contributed by atoms with Gasteiger partial charge in [-0.15, -0.1) is 0 Å². The monoisotopic (exact) mass is 212 g/mol. The Labute approximate surface area is 86.2 Å². The van der Waals surface area contributed by atoms with Crippen LogP contribution in [-0.2, 0) is 4.79 Å². The molecule has 0 spiro atoms. The van der Waals surface area contributed by atoms with Crippen LogP contribution in [0.1, 0.15) is 12.0 Å². The van der Waals surface area contributed by atoms with Gasteiger partial charge in [-0.25, -0.2) is 8.78 Å². The van der Waals surface area contributed by atoms with Crippen LogP contribution in [-0.4, -0.2) is 13.4 Å². The number of hydrogen-bond acceptors (Lipinski definition) is 2. The second-order valence-corrected chi connectivity index (χ2v) is 2.82. The van der Waals surface area contributed by atoms with E-state index < -0.39 is 17.4 Å². The van der Waals surface area contributed by atoms with E-state index in [0.29, 0.717) is 11.8 Å². The highest BCUT2D eigenvalue weighted by Crippen LogP contribution is 2.23. The maximum absolute atomic E-state index is 13.2. The SMILES string of the molecule is COc1c(F)cc(C=CCC=O)cc1F. The summed E-state index contributed by atoms with van der Waals surface area (Å²) < 4.78 is 30.8. The molecular formula is C11H10F2O2. The Hall–Kier alpha value is -1.71. The van der Waals surface area contributed by atoms with Gasteiger partial charge in [0.15, 0.2) is 17.4 Å². The molecule has 0 saturated heterocycles. The topological polar surface area (TPSA) is 26.3 Å². The molecule has 0 amide bonds. The van der Waals surface area contributed by atoms with Gasteiger partial charge in [0.25, 0.3) is 0 Å². The molecule has 15 heavy (non-hydrogen) atoms. The molecule has 0 unspecified atom stereocenters. The summed E-state index contributed by atoms with van der Waals surface area (Å²) in [6, 6.07) is 2.28. The predicted molar refractivity (Wildman–Crippen MR) is 52.6 cm³/mol. The van der Waals surface area contributed by atoms with Crippen molar-refractivity contribution in [2.24, 2.45) is 0 Å². The third kappa shape index (κ3) is 2.87. The number of carbonyl (C=O) groups is 1. The van der Waals surface area contributed by atoms with Gasteiger partial charge in [0.1, 0.15) is 6.29 Å². The van der Waals surface area contributed by atoms with E-state index in [-0.39, 0.29) is 6.42 Å². The van der Waals surface area contributed by atoms with Crippen molar-refractivity contribution in [2.75, 3.05) is 7.11 Å². The highest BCUT2D eigenvalue weighted by atomic mass is 19.1. The lowest BCUT2D eigenvalue weighted by Crippen LogP contribution is -1.93. The van der Waals surface area contributed by atoms with Crippen LogP contribution in [0.5, 0.6) is 5.75 Å². The van der Waals surface area contributed by atoms with Gasteiger partial charge in [0.2, 0.25) is 0 Å². The quantitative estimate of drug-likeness (QED) is 0.717. The van der Waals surface area contributed by atoms with Gasteiger partial charge in [-0.05, 0) is 17.7 Å². The number of methoxy groups -OCH3 is 1. The van der Waals surface area contributed by atoms with E-state index in [1.807, 2.05) is 0 Å². The zero-order chi connectivity index (χ0) is 11.3. The van der Waals surface area contributed by atoms with Gasteiger partial charge in [0.05, 0.1) is 7.11 Å². The summed E-state index contributed by atoms with van der Waals surface area (Å²) in [5, 5.41) is 0. The van der Waals surface area contributed by atoms with Crippen molar-refractivity contribution in [2.45, 2.75) is 6.42 Å². The Morgan fingerprint density at radius 1 is 1.33 bits per heavy atom. The van der Waals surface area contributed by atoms with Crippen molar-refractivity contribution < 1.29 is 18.3 Å². The zero-order valence-electron chi connectivity index (χ0n) is 8.17. The van der Waals surface area contributed by atoms with Gasteiger partial charge in [-0.1, -0.05) is 12.2 Å². The first-order valence-corrected chi connectivity index (χ1v) is 4.32. The average molecular weight is 212 g/mol. The number of ether oxygens (including phenoxy) is 1. The van der Waals surface area contributed by atoms with Crippen LogP contribution in [0.25, 0.3) is 6.08 Å². The maximum atomic E-state index is 13.2. The molecule has 0 aromatic heterocycles. The number of rotatable bonds is 4.